The molecule has 1 aliphatic rings. The lowest BCUT2D eigenvalue weighted by Crippen LogP contribution is -2.37. The van der Waals surface area contributed by atoms with Gasteiger partial charge in [-0.25, -0.2) is 9.97 Å². The highest BCUT2D eigenvalue weighted by molar-refractivity contribution is 5.30. The van der Waals surface area contributed by atoms with Crippen LogP contribution in [0.5, 0.6) is 0 Å². The van der Waals surface area contributed by atoms with Crippen LogP contribution in [-0.4, -0.2) is 54.0 Å². The molecule has 1 aromatic heterocycles. The number of nitrogens with zero attached hydrogens (tertiary/aromatic N) is 3. The lowest BCUT2D eigenvalue weighted by molar-refractivity contribution is 0.116. The van der Waals surface area contributed by atoms with Gasteiger partial charge in [0.05, 0.1) is 19.3 Å². The Labute approximate surface area is 126 Å². The first-order valence-electron chi connectivity index (χ1n) is 7.69. The van der Waals surface area contributed by atoms with Crippen molar-refractivity contribution in [3.63, 3.8) is 0 Å². The Morgan fingerprint density at radius 1 is 1.29 bits per heavy atom. The zero-order valence-electron chi connectivity index (χ0n) is 13.0. The van der Waals surface area contributed by atoms with E-state index >= 15 is 0 Å². The van der Waals surface area contributed by atoms with Gasteiger partial charge in [-0.2, -0.15) is 0 Å². The van der Waals surface area contributed by atoms with Crippen LogP contribution < -0.4 is 10.2 Å². The fraction of sp³-hybridized carbons (Fsp3) is 0.733. The van der Waals surface area contributed by atoms with Gasteiger partial charge in [0.25, 0.3) is 0 Å². The monoisotopic (exact) mass is 294 g/mol. The van der Waals surface area contributed by atoms with E-state index in [9.17, 15) is 5.11 Å². The van der Waals surface area contributed by atoms with Gasteiger partial charge in [-0.1, -0.05) is 13.8 Å². The second-order valence-electron chi connectivity index (χ2n) is 5.77. The molecule has 2 N–H and O–H groups in total. The van der Waals surface area contributed by atoms with E-state index in [1.165, 1.54) is 0 Å². The third-order valence-corrected chi connectivity index (χ3v) is 3.70. The van der Waals surface area contributed by atoms with E-state index in [0.29, 0.717) is 5.92 Å². The molecule has 6 heteroatoms. The number of nitrogens with one attached hydrogen (secondary N) is 1. The molecular formula is C15H26N4O2. The lowest BCUT2D eigenvalue weighted by Gasteiger charge is -2.26. The number of morpholine rings is 1. The number of aliphatic hydroxyl groups is 1. The summed E-state index contributed by atoms with van der Waals surface area (Å²) in [4.78, 5) is 11.0. The van der Waals surface area contributed by atoms with Crippen LogP contribution in [0.15, 0.2) is 12.4 Å². The Morgan fingerprint density at radius 3 is 2.57 bits per heavy atom. The van der Waals surface area contributed by atoms with E-state index in [1.54, 1.807) is 0 Å². The zero-order valence-corrected chi connectivity index (χ0v) is 13.0. The van der Waals surface area contributed by atoms with Gasteiger partial charge in [-0.15, -0.1) is 0 Å². The number of anilines is 1. The summed E-state index contributed by atoms with van der Waals surface area (Å²) in [7, 11) is 0. The minimum atomic E-state index is -0.238. The highest BCUT2D eigenvalue weighted by Gasteiger charge is 2.13. The average molecular weight is 294 g/mol. The normalized spacial score (nSPS) is 17.2. The molecule has 1 aliphatic heterocycles. The van der Waals surface area contributed by atoms with Crippen molar-refractivity contribution < 1.29 is 9.84 Å². The van der Waals surface area contributed by atoms with Crippen molar-refractivity contribution in [1.29, 1.82) is 0 Å². The van der Waals surface area contributed by atoms with Gasteiger partial charge in [-0.05, 0) is 18.9 Å². The maximum atomic E-state index is 9.72. The smallest absolute Gasteiger partial charge is 0.225 e. The second-order valence-corrected chi connectivity index (χ2v) is 5.77. The summed E-state index contributed by atoms with van der Waals surface area (Å²) in [6.45, 7) is 8.77. The molecule has 118 valence electrons. The van der Waals surface area contributed by atoms with Gasteiger partial charge in [0.2, 0.25) is 5.95 Å². The molecule has 2 rings (SSSR count). The Kier molecular flexibility index (Phi) is 6.35. The van der Waals surface area contributed by atoms with Crippen molar-refractivity contribution in [3.8, 4) is 0 Å². The predicted molar refractivity (Wildman–Crippen MR) is 82.2 cm³/mol. The second kappa shape index (κ2) is 8.26. The number of ether oxygens (including phenoxy) is 1. The third-order valence-electron chi connectivity index (χ3n) is 3.70. The fourth-order valence-electron chi connectivity index (χ4n) is 2.18. The summed E-state index contributed by atoms with van der Waals surface area (Å²) in [5.41, 5.74) is 1.06. The molecule has 0 bridgehead atoms. The molecule has 6 nitrogen and oxygen atoms in total. The van der Waals surface area contributed by atoms with Crippen LogP contribution >= 0.6 is 0 Å². The first kappa shape index (κ1) is 16.1. The van der Waals surface area contributed by atoms with Crippen molar-refractivity contribution in [2.75, 3.05) is 37.7 Å². The van der Waals surface area contributed by atoms with Crippen LogP contribution in [0.4, 0.5) is 5.95 Å². The fourth-order valence-corrected chi connectivity index (χ4v) is 2.18. The van der Waals surface area contributed by atoms with Crippen LogP contribution in [0.25, 0.3) is 0 Å². The van der Waals surface area contributed by atoms with E-state index in [-0.39, 0.29) is 6.10 Å². The average Bonchev–Trinajstić information content (AvgIpc) is 2.52. The van der Waals surface area contributed by atoms with Crippen molar-refractivity contribution in [2.24, 2.45) is 5.92 Å². The van der Waals surface area contributed by atoms with Crippen molar-refractivity contribution in [2.45, 2.75) is 32.9 Å². The maximum absolute atomic E-state index is 9.72. The minimum absolute atomic E-state index is 0.238. The molecule has 21 heavy (non-hydrogen) atoms. The highest BCUT2D eigenvalue weighted by Crippen LogP contribution is 2.09. The summed E-state index contributed by atoms with van der Waals surface area (Å²) in [5, 5.41) is 13.0. The zero-order chi connectivity index (χ0) is 15.1. The Bertz CT molecular complexity index is 405. The first-order chi connectivity index (χ1) is 10.2. The summed E-state index contributed by atoms with van der Waals surface area (Å²) in [5.74, 6) is 1.08. The molecule has 0 radical (unpaired) electrons. The molecular weight excluding hydrogens is 268 g/mol. The van der Waals surface area contributed by atoms with Crippen LogP contribution in [0.1, 0.15) is 25.8 Å². The van der Waals surface area contributed by atoms with E-state index < -0.39 is 0 Å². The minimum Gasteiger partial charge on any atom is -0.393 e. The van der Waals surface area contributed by atoms with Crippen molar-refractivity contribution >= 4 is 5.95 Å². The molecule has 1 saturated heterocycles. The van der Waals surface area contributed by atoms with Crippen LogP contribution in [0.3, 0.4) is 0 Å². The molecule has 0 spiro atoms. The van der Waals surface area contributed by atoms with Crippen molar-refractivity contribution in [3.05, 3.63) is 18.0 Å². The summed E-state index contributed by atoms with van der Waals surface area (Å²) in [6.07, 6.45) is 4.26. The number of hydrogen-bond acceptors (Lipinski definition) is 6. The first-order valence-corrected chi connectivity index (χ1v) is 7.69. The van der Waals surface area contributed by atoms with E-state index in [0.717, 1.165) is 57.3 Å². The summed E-state index contributed by atoms with van der Waals surface area (Å²) in [6, 6.07) is 0. The van der Waals surface area contributed by atoms with E-state index in [4.69, 9.17) is 4.74 Å². The van der Waals surface area contributed by atoms with Crippen molar-refractivity contribution in [1.82, 2.24) is 15.3 Å². The van der Waals surface area contributed by atoms with Gasteiger partial charge in [0.15, 0.2) is 0 Å². The molecule has 0 aromatic carbocycles. The van der Waals surface area contributed by atoms with E-state index in [2.05, 4.69) is 20.2 Å². The van der Waals surface area contributed by atoms with Gasteiger partial charge in [0.1, 0.15) is 0 Å². The number of rotatable bonds is 7. The number of aromatic nitrogens is 2. The van der Waals surface area contributed by atoms with Crippen LogP contribution in [0.2, 0.25) is 0 Å². The topological polar surface area (TPSA) is 70.5 Å². The summed E-state index contributed by atoms with van der Waals surface area (Å²) >= 11 is 0. The van der Waals surface area contributed by atoms with Crippen LogP contribution in [-0.2, 0) is 11.3 Å². The Morgan fingerprint density at radius 2 is 1.95 bits per heavy atom. The molecule has 0 saturated carbocycles. The molecule has 1 aromatic rings. The highest BCUT2D eigenvalue weighted by atomic mass is 16.5. The largest absolute Gasteiger partial charge is 0.393 e. The molecule has 0 aliphatic carbocycles. The van der Waals surface area contributed by atoms with Crippen LogP contribution in [0, 0.1) is 5.92 Å². The number of hydrogen-bond donors (Lipinski definition) is 2. The molecule has 2 heterocycles. The SMILES string of the molecule is CC(C)C(O)CCNCc1cnc(N2CCOCC2)nc1. The summed E-state index contributed by atoms with van der Waals surface area (Å²) < 4.78 is 5.32. The Hall–Kier alpha value is -1.24. The van der Waals surface area contributed by atoms with Gasteiger partial charge >= 0.3 is 0 Å². The quantitative estimate of drug-likeness (QED) is 0.725. The third kappa shape index (κ3) is 5.22. The maximum Gasteiger partial charge on any atom is 0.225 e. The van der Waals surface area contributed by atoms with Gasteiger partial charge in [-0.3, -0.25) is 0 Å². The molecule has 1 atom stereocenters. The Balaban J connectivity index is 1.72. The lowest BCUT2D eigenvalue weighted by atomic mass is 10.0. The molecule has 1 fully saturated rings. The molecule has 1 unspecified atom stereocenters. The number of aliphatic hydroxyl groups excluding tert-OH is 1. The predicted octanol–water partition coefficient (Wildman–Crippen LogP) is 0.810. The van der Waals surface area contributed by atoms with Gasteiger partial charge < -0.3 is 20.1 Å². The van der Waals surface area contributed by atoms with Gasteiger partial charge in [0, 0.05) is 37.6 Å². The van der Waals surface area contributed by atoms with E-state index in [1.807, 2.05) is 26.2 Å². The molecule has 0 amide bonds. The standard InChI is InChI=1S/C15H26N4O2/c1-12(2)14(20)3-4-16-9-13-10-17-15(18-11-13)19-5-7-21-8-6-19/h10-12,14,16,20H,3-9H2,1-2H3.